The van der Waals surface area contributed by atoms with Crippen LogP contribution in [0.3, 0.4) is 0 Å². The number of nitrogens with one attached hydrogen (secondary N) is 2. The highest BCUT2D eigenvalue weighted by Crippen LogP contribution is 2.03. The number of rotatable bonds is 5. The van der Waals surface area contributed by atoms with Crippen LogP contribution in [0.4, 0.5) is 0 Å². The highest BCUT2D eigenvalue weighted by molar-refractivity contribution is 7.90. The topological polar surface area (TPSA) is 88.3 Å². The Balaban J connectivity index is 2.62. The van der Waals surface area contributed by atoms with Crippen molar-refractivity contribution in [2.75, 3.05) is 7.11 Å². The summed E-state index contributed by atoms with van der Waals surface area (Å²) < 4.78 is 29.9. The number of esters is 1. The van der Waals surface area contributed by atoms with E-state index in [1.807, 2.05) is 0 Å². The second-order valence-electron chi connectivity index (χ2n) is 3.25. The van der Waals surface area contributed by atoms with Crippen molar-refractivity contribution in [2.45, 2.75) is 18.7 Å². The van der Waals surface area contributed by atoms with E-state index in [1.165, 1.54) is 6.92 Å². The van der Waals surface area contributed by atoms with E-state index in [1.54, 1.807) is 18.5 Å². The maximum absolute atomic E-state index is 11.6. The number of methoxy groups -OCH3 is 1. The standard InChI is InChI=1S/C9H14N2O4S/c1-7(9(12)15-2)16(13,14)11-6-8-3-4-10-5-8/h3-5,7,10-11H,6H2,1-2H3. The summed E-state index contributed by atoms with van der Waals surface area (Å²) >= 11 is 0. The molecule has 0 saturated heterocycles. The van der Waals surface area contributed by atoms with Gasteiger partial charge in [0.2, 0.25) is 10.0 Å². The summed E-state index contributed by atoms with van der Waals surface area (Å²) in [4.78, 5) is 13.9. The van der Waals surface area contributed by atoms with Gasteiger partial charge in [0.25, 0.3) is 0 Å². The average molecular weight is 246 g/mol. The fourth-order valence-corrected chi connectivity index (χ4v) is 2.04. The van der Waals surface area contributed by atoms with Crippen molar-refractivity contribution in [3.8, 4) is 0 Å². The van der Waals surface area contributed by atoms with E-state index in [0.717, 1.165) is 12.7 Å². The van der Waals surface area contributed by atoms with E-state index in [2.05, 4.69) is 14.4 Å². The number of hydrogen-bond acceptors (Lipinski definition) is 4. The van der Waals surface area contributed by atoms with Crippen LogP contribution < -0.4 is 4.72 Å². The van der Waals surface area contributed by atoms with Crippen molar-refractivity contribution in [3.05, 3.63) is 24.0 Å². The van der Waals surface area contributed by atoms with Gasteiger partial charge in [-0.25, -0.2) is 13.1 Å². The number of aromatic nitrogens is 1. The number of hydrogen-bond donors (Lipinski definition) is 2. The number of ether oxygens (including phenoxy) is 1. The van der Waals surface area contributed by atoms with Crippen LogP contribution in [-0.4, -0.2) is 31.7 Å². The molecule has 6 nitrogen and oxygen atoms in total. The summed E-state index contributed by atoms with van der Waals surface area (Å²) in [5.41, 5.74) is 0.792. The van der Waals surface area contributed by atoms with E-state index in [0.29, 0.717) is 0 Å². The SMILES string of the molecule is COC(=O)C(C)S(=O)(=O)NCc1cc[nH]c1. The zero-order valence-corrected chi connectivity index (χ0v) is 9.87. The molecule has 2 N–H and O–H groups in total. The van der Waals surface area contributed by atoms with Crippen molar-refractivity contribution in [3.63, 3.8) is 0 Å². The fourth-order valence-electron chi connectivity index (χ4n) is 1.07. The second-order valence-corrected chi connectivity index (χ2v) is 5.34. The first-order valence-corrected chi connectivity index (χ1v) is 6.20. The van der Waals surface area contributed by atoms with E-state index in [4.69, 9.17) is 0 Å². The first-order valence-electron chi connectivity index (χ1n) is 4.65. The van der Waals surface area contributed by atoms with Gasteiger partial charge in [0.1, 0.15) is 0 Å². The first-order chi connectivity index (χ1) is 7.47. The summed E-state index contributed by atoms with van der Waals surface area (Å²) in [6, 6.07) is 1.74. The normalized spacial score (nSPS) is 13.4. The molecule has 0 spiro atoms. The van der Waals surface area contributed by atoms with Gasteiger partial charge >= 0.3 is 5.97 Å². The van der Waals surface area contributed by atoms with Gasteiger partial charge in [0.15, 0.2) is 5.25 Å². The van der Waals surface area contributed by atoms with Crippen LogP contribution in [0.5, 0.6) is 0 Å². The predicted molar refractivity (Wildman–Crippen MR) is 58.0 cm³/mol. The molecule has 0 aliphatic carbocycles. The van der Waals surface area contributed by atoms with Crippen LogP contribution in [0, 0.1) is 0 Å². The minimum atomic E-state index is -3.69. The second kappa shape index (κ2) is 5.13. The third kappa shape index (κ3) is 3.07. The zero-order chi connectivity index (χ0) is 12.2. The number of carbonyl (C=O) groups excluding carboxylic acids is 1. The maximum atomic E-state index is 11.6. The third-order valence-electron chi connectivity index (χ3n) is 2.14. The van der Waals surface area contributed by atoms with Crippen molar-refractivity contribution in [2.24, 2.45) is 0 Å². The molecule has 0 amide bonds. The van der Waals surface area contributed by atoms with Crippen LogP contribution in [-0.2, 0) is 26.1 Å². The molecule has 0 fully saturated rings. The predicted octanol–water partition coefficient (Wildman–Crippen LogP) is -0.00440. The van der Waals surface area contributed by atoms with Crippen LogP contribution in [0.2, 0.25) is 0 Å². The van der Waals surface area contributed by atoms with Crippen LogP contribution in [0.15, 0.2) is 18.5 Å². The number of H-pyrrole nitrogens is 1. The Kier molecular flexibility index (Phi) is 4.08. The van der Waals surface area contributed by atoms with E-state index in [-0.39, 0.29) is 6.54 Å². The summed E-state index contributed by atoms with van der Waals surface area (Å²) in [6.07, 6.45) is 3.36. The minimum absolute atomic E-state index is 0.146. The Labute approximate surface area is 94.1 Å². The molecule has 0 aliphatic rings. The molecule has 1 rings (SSSR count). The molecular formula is C9H14N2O4S. The lowest BCUT2D eigenvalue weighted by atomic mass is 10.4. The molecule has 0 bridgehead atoms. The highest BCUT2D eigenvalue weighted by atomic mass is 32.2. The van der Waals surface area contributed by atoms with Crippen LogP contribution >= 0.6 is 0 Å². The highest BCUT2D eigenvalue weighted by Gasteiger charge is 2.28. The Morgan fingerprint density at radius 3 is 2.81 bits per heavy atom. The summed E-state index contributed by atoms with van der Waals surface area (Å²) in [6.45, 7) is 1.43. The fraction of sp³-hybridized carbons (Fsp3) is 0.444. The van der Waals surface area contributed by atoms with Gasteiger partial charge in [-0.3, -0.25) is 4.79 Å². The Hall–Kier alpha value is -1.34. The summed E-state index contributed by atoms with van der Waals surface area (Å²) in [7, 11) is -2.53. The van der Waals surface area contributed by atoms with Gasteiger partial charge in [-0.15, -0.1) is 0 Å². The van der Waals surface area contributed by atoms with E-state index < -0.39 is 21.2 Å². The number of aromatic amines is 1. The van der Waals surface area contributed by atoms with Crippen molar-refractivity contribution < 1.29 is 17.9 Å². The number of carbonyl (C=O) groups is 1. The molecule has 1 heterocycles. The zero-order valence-electron chi connectivity index (χ0n) is 9.06. The van der Waals surface area contributed by atoms with Crippen molar-refractivity contribution in [1.29, 1.82) is 0 Å². The lowest BCUT2D eigenvalue weighted by Crippen LogP contribution is -2.37. The Bertz CT molecular complexity index is 438. The van der Waals surface area contributed by atoms with E-state index in [9.17, 15) is 13.2 Å². The molecule has 0 aliphatic heterocycles. The van der Waals surface area contributed by atoms with Crippen molar-refractivity contribution >= 4 is 16.0 Å². The Morgan fingerprint density at radius 2 is 2.31 bits per heavy atom. The third-order valence-corrected chi connectivity index (χ3v) is 3.81. The number of sulfonamides is 1. The molecule has 0 saturated carbocycles. The molecule has 1 atom stereocenters. The summed E-state index contributed by atoms with van der Waals surface area (Å²) in [5, 5.41) is -1.21. The van der Waals surface area contributed by atoms with Crippen molar-refractivity contribution in [1.82, 2.24) is 9.71 Å². The quantitative estimate of drug-likeness (QED) is 0.715. The molecule has 1 unspecified atom stereocenters. The van der Waals surface area contributed by atoms with Crippen LogP contribution in [0.25, 0.3) is 0 Å². The van der Waals surface area contributed by atoms with Crippen LogP contribution in [0.1, 0.15) is 12.5 Å². The lowest BCUT2D eigenvalue weighted by molar-refractivity contribution is -0.139. The first kappa shape index (κ1) is 12.7. The van der Waals surface area contributed by atoms with Gasteiger partial charge in [0, 0.05) is 18.9 Å². The Morgan fingerprint density at radius 1 is 1.62 bits per heavy atom. The molecule has 0 radical (unpaired) electrons. The molecule has 16 heavy (non-hydrogen) atoms. The maximum Gasteiger partial charge on any atom is 0.325 e. The van der Waals surface area contributed by atoms with Gasteiger partial charge in [-0.2, -0.15) is 0 Å². The monoisotopic (exact) mass is 246 g/mol. The average Bonchev–Trinajstić information content (AvgIpc) is 2.77. The van der Waals surface area contributed by atoms with Gasteiger partial charge in [-0.05, 0) is 18.6 Å². The molecule has 1 aromatic rings. The van der Waals surface area contributed by atoms with E-state index >= 15 is 0 Å². The van der Waals surface area contributed by atoms with Gasteiger partial charge < -0.3 is 9.72 Å². The van der Waals surface area contributed by atoms with Gasteiger partial charge in [-0.1, -0.05) is 0 Å². The molecule has 0 aromatic carbocycles. The largest absolute Gasteiger partial charge is 0.468 e. The minimum Gasteiger partial charge on any atom is -0.468 e. The van der Waals surface area contributed by atoms with Gasteiger partial charge in [0.05, 0.1) is 7.11 Å². The molecule has 7 heteroatoms. The summed E-state index contributed by atoms with van der Waals surface area (Å²) in [5.74, 6) is -0.776. The molecule has 1 aromatic heterocycles. The molecule has 90 valence electrons. The molecular weight excluding hydrogens is 232 g/mol. The lowest BCUT2D eigenvalue weighted by Gasteiger charge is -2.11. The smallest absolute Gasteiger partial charge is 0.325 e.